The maximum atomic E-state index is 14.3. The number of pyridine rings is 1. The van der Waals surface area contributed by atoms with Gasteiger partial charge >= 0.3 is 6.18 Å². The van der Waals surface area contributed by atoms with Crippen molar-refractivity contribution in [3.63, 3.8) is 0 Å². The van der Waals surface area contributed by atoms with Gasteiger partial charge in [0.15, 0.2) is 14.9 Å². The highest BCUT2D eigenvalue weighted by Crippen LogP contribution is 2.33. The average molecular weight is 566 g/mol. The van der Waals surface area contributed by atoms with Crippen molar-refractivity contribution in [2.75, 3.05) is 11.0 Å². The molecule has 0 spiro atoms. The Labute approximate surface area is 212 Å². The van der Waals surface area contributed by atoms with Gasteiger partial charge in [0.25, 0.3) is 0 Å². The van der Waals surface area contributed by atoms with Crippen molar-refractivity contribution in [3.05, 3.63) is 53.0 Å². The molecule has 1 saturated carbocycles. The highest BCUT2D eigenvalue weighted by Gasteiger charge is 2.37. The summed E-state index contributed by atoms with van der Waals surface area (Å²) < 4.78 is 105. The van der Waals surface area contributed by atoms with Crippen LogP contribution in [0.4, 0.5) is 23.2 Å². The molecule has 1 aromatic carbocycles. The summed E-state index contributed by atoms with van der Waals surface area (Å²) in [4.78, 5) is 16.2. The summed E-state index contributed by atoms with van der Waals surface area (Å²) in [6.45, 7) is 1.03. The Morgan fingerprint density at radius 3 is 2.30 bits per heavy atom. The van der Waals surface area contributed by atoms with Crippen molar-refractivity contribution < 1.29 is 39.2 Å². The quantitative estimate of drug-likeness (QED) is 0.464. The number of hydrogen-bond donors (Lipinski definition) is 2. The number of rotatable bonds is 8. The Bertz CT molecular complexity index is 1370. The van der Waals surface area contributed by atoms with E-state index in [-0.39, 0.29) is 16.8 Å². The van der Waals surface area contributed by atoms with E-state index in [1.165, 1.54) is 13.0 Å². The lowest BCUT2D eigenvalue weighted by Crippen LogP contribution is -2.31. The molecule has 14 heteroatoms. The van der Waals surface area contributed by atoms with Gasteiger partial charge in [0.2, 0.25) is 15.9 Å². The first-order chi connectivity index (χ1) is 17.1. The van der Waals surface area contributed by atoms with Crippen LogP contribution in [0, 0.1) is 5.82 Å². The standard InChI is InChI=1S/C23H27F4N3O5S2/c1-14(15-8-10-19(18(24)12-15)30-36(2,32)33)21(31)28-13-16-9-11-20(23(25,26)27)29-22(16)37(34,35)17-6-4-3-5-7-17/h8-12,14,17,30H,3-7,13H2,1-2H3,(H,28,31). The van der Waals surface area contributed by atoms with Crippen molar-refractivity contribution in [2.45, 2.75) is 67.9 Å². The molecule has 8 nitrogen and oxygen atoms in total. The molecular formula is C23H27F4N3O5S2. The number of benzene rings is 1. The van der Waals surface area contributed by atoms with Gasteiger partial charge in [-0.2, -0.15) is 13.2 Å². The molecule has 0 bridgehead atoms. The summed E-state index contributed by atoms with van der Waals surface area (Å²) in [6.07, 6.45) is -1.24. The largest absolute Gasteiger partial charge is 0.433 e. The van der Waals surface area contributed by atoms with Crippen molar-refractivity contribution in [1.29, 1.82) is 0 Å². The molecule has 1 fully saturated rings. The van der Waals surface area contributed by atoms with E-state index in [0.29, 0.717) is 31.7 Å². The molecule has 3 rings (SSSR count). The number of carbonyl (C=O) groups is 1. The fraction of sp³-hybridized carbons (Fsp3) is 0.478. The summed E-state index contributed by atoms with van der Waals surface area (Å²) in [5.74, 6) is -2.50. The van der Waals surface area contributed by atoms with E-state index in [0.717, 1.165) is 30.9 Å². The van der Waals surface area contributed by atoms with Gasteiger partial charge in [-0.1, -0.05) is 31.4 Å². The second kappa shape index (κ2) is 10.9. The summed E-state index contributed by atoms with van der Waals surface area (Å²) in [5.41, 5.74) is -1.52. The zero-order valence-corrected chi connectivity index (χ0v) is 21.7. The van der Waals surface area contributed by atoms with Crippen LogP contribution < -0.4 is 10.0 Å². The minimum Gasteiger partial charge on any atom is -0.351 e. The third kappa shape index (κ3) is 7.18. The number of aromatic nitrogens is 1. The molecule has 204 valence electrons. The van der Waals surface area contributed by atoms with Crippen LogP contribution in [-0.4, -0.2) is 39.2 Å². The number of alkyl halides is 3. The molecule has 1 aliphatic rings. The smallest absolute Gasteiger partial charge is 0.351 e. The molecule has 1 aromatic heterocycles. The molecule has 1 atom stereocenters. The highest BCUT2D eigenvalue weighted by atomic mass is 32.2. The molecule has 0 saturated heterocycles. The van der Waals surface area contributed by atoms with Crippen LogP contribution in [0.1, 0.15) is 61.8 Å². The summed E-state index contributed by atoms with van der Waals surface area (Å²) >= 11 is 0. The van der Waals surface area contributed by atoms with Gasteiger partial charge in [0.1, 0.15) is 11.5 Å². The normalized spacial score (nSPS) is 16.3. The lowest BCUT2D eigenvalue weighted by Gasteiger charge is -2.23. The second-order valence-electron chi connectivity index (χ2n) is 9.02. The second-order valence-corrected chi connectivity index (χ2v) is 12.9. The fourth-order valence-corrected chi connectivity index (χ4v) is 6.68. The zero-order valence-electron chi connectivity index (χ0n) is 20.1. The fourth-order valence-electron chi connectivity index (χ4n) is 4.11. The highest BCUT2D eigenvalue weighted by molar-refractivity contribution is 7.92. The van der Waals surface area contributed by atoms with E-state index in [4.69, 9.17) is 0 Å². The molecule has 0 radical (unpaired) electrons. The predicted molar refractivity (Wildman–Crippen MR) is 128 cm³/mol. The number of carbonyl (C=O) groups excluding carboxylic acids is 1. The Balaban J connectivity index is 1.83. The number of hydrogen-bond acceptors (Lipinski definition) is 6. The number of nitrogens with zero attached hydrogens (tertiary/aromatic N) is 1. The maximum Gasteiger partial charge on any atom is 0.433 e. The number of anilines is 1. The Kier molecular flexibility index (Phi) is 8.52. The third-order valence-corrected chi connectivity index (χ3v) is 8.96. The zero-order chi connectivity index (χ0) is 27.6. The van der Waals surface area contributed by atoms with E-state index >= 15 is 0 Å². The van der Waals surface area contributed by atoms with E-state index in [1.807, 2.05) is 4.72 Å². The third-order valence-electron chi connectivity index (χ3n) is 6.12. The van der Waals surface area contributed by atoms with Crippen LogP contribution in [-0.2, 0) is 37.4 Å². The summed E-state index contributed by atoms with van der Waals surface area (Å²) in [5, 5.41) is 0.926. The van der Waals surface area contributed by atoms with Gasteiger partial charge in [-0.15, -0.1) is 0 Å². The lowest BCUT2D eigenvalue weighted by atomic mass is 9.99. The van der Waals surface area contributed by atoms with Crippen LogP contribution in [0.5, 0.6) is 0 Å². The van der Waals surface area contributed by atoms with E-state index < -0.39 is 66.2 Å². The number of sulfone groups is 1. The van der Waals surface area contributed by atoms with Gasteiger partial charge < -0.3 is 5.32 Å². The van der Waals surface area contributed by atoms with Crippen LogP contribution in [0.2, 0.25) is 0 Å². The molecule has 1 aliphatic carbocycles. The molecule has 1 unspecified atom stereocenters. The molecule has 1 heterocycles. The minimum atomic E-state index is -4.85. The molecule has 2 aromatic rings. The Hall–Kier alpha value is -2.74. The van der Waals surface area contributed by atoms with Crippen molar-refractivity contribution in [1.82, 2.24) is 10.3 Å². The Morgan fingerprint density at radius 1 is 1.08 bits per heavy atom. The molecule has 2 N–H and O–H groups in total. The summed E-state index contributed by atoms with van der Waals surface area (Å²) in [6, 6.07) is 5.13. The maximum absolute atomic E-state index is 14.3. The number of nitrogens with one attached hydrogen (secondary N) is 2. The van der Waals surface area contributed by atoms with E-state index in [1.54, 1.807) is 0 Å². The SMILES string of the molecule is CC(C(=O)NCc1ccc(C(F)(F)F)nc1S(=O)(=O)C1CCCCC1)c1ccc(NS(C)(=O)=O)c(F)c1. The van der Waals surface area contributed by atoms with Crippen molar-refractivity contribution >= 4 is 31.5 Å². The number of sulfonamides is 1. The lowest BCUT2D eigenvalue weighted by molar-refractivity contribution is -0.141. The van der Waals surface area contributed by atoms with Crippen LogP contribution in [0.3, 0.4) is 0 Å². The predicted octanol–water partition coefficient (Wildman–Crippen LogP) is 4.14. The van der Waals surface area contributed by atoms with Gasteiger partial charge in [0.05, 0.1) is 23.1 Å². The van der Waals surface area contributed by atoms with Crippen LogP contribution in [0.25, 0.3) is 0 Å². The van der Waals surface area contributed by atoms with Gasteiger partial charge in [-0.25, -0.2) is 26.2 Å². The van der Waals surface area contributed by atoms with Crippen LogP contribution in [0.15, 0.2) is 35.4 Å². The first-order valence-corrected chi connectivity index (χ1v) is 14.9. The number of halogens is 4. The first kappa shape index (κ1) is 28.8. The minimum absolute atomic E-state index is 0.0852. The molecule has 37 heavy (non-hydrogen) atoms. The summed E-state index contributed by atoms with van der Waals surface area (Å²) in [7, 11) is -7.91. The number of amides is 1. The molecular weight excluding hydrogens is 538 g/mol. The van der Waals surface area contributed by atoms with Crippen molar-refractivity contribution in [2.24, 2.45) is 0 Å². The topological polar surface area (TPSA) is 122 Å². The van der Waals surface area contributed by atoms with Gasteiger partial charge in [-0.05, 0) is 43.5 Å². The Morgan fingerprint density at radius 2 is 1.73 bits per heavy atom. The molecule has 0 aliphatic heterocycles. The monoisotopic (exact) mass is 565 g/mol. The first-order valence-electron chi connectivity index (χ1n) is 11.5. The van der Waals surface area contributed by atoms with Crippen molar-refractivity contribution in [3.8, 4) is 0 Å². The van der Waals surface area contributed by atoms with Crippen LogP contribution >= 0.6 is 0 Å². The average Bonchev–Trinajstić information content (AvgIpc) is 2.82. The molecule has 1 amide bonds. The van der Waals surface area contributed by atoms with E-state index in [9.17, 15) is 39.2 Å². The van der Waals surface area contributed by atoms with Gasteiger partial charge in [-0.3, -0.25) is 9.52 Å². The van der Waals surface area contributed by atoms with Gasteiger partial charge in [0, 0.05) is 12.1 Å². The van der Waals surface area contributed by atoms with E-state index in [2.05, 4.69) is 10.3 Å².